The van der Waals surface area contributed by atoms with Crippen LogP contribution in [0, 0.1) is 10.5 Å². The number of nitrogens with zero attached hydrogens (tertiary/aromatic N) is 4. The van der Waals surface area contributed by atoms with Crippen molar-refractivity contribution >= 4 is 40.3 Å². The first kappa shape index (κ1) is 28.8. The Hall–Kier alpha value is -3.74. The van der Waals surface area contributed by atoms with Crippen molar-refractivity contribution in [2.24, 2.45) is 0 Å². The summed E-state index contributed by atoms with van der Waals surface area (Å²) in [6.07, 6.45) is 0. The van der Waals surface area contributed by atoms with Crippen LogP contribution < -0.4 is 15.4 Å². The van der Waals surface area contributed by atoms with Gasteiger partial charge in [-0.15, -0.1) is 0 Å². The molecule has 1 aromatic heterocycles. The number of aliphatic carboxylic acids is 1. The lowest BCUT2D eigenvalue weighted by atomic mass is 9.90. The maximum atomic E-state index is 11.6. The molecule has 0 radical (unpaired) electrons. The highest BCUT2D eigenvalue weighted by Gasteiger charge is 2.22. The first-order chi connectivity index (χ1) is 19.8. The van der Waals surface area contributed by atoms with Gasteiger partial charge < -0.3 is 25.6 Å². The summed E-state index contributed by atoms with van der Waals surface area (Å²) >= 11 is 2.39. The molecule has 212 valence electrons. The number of anilines is 2. The molecule has 4 N–H and O–H groups in total. The minimum absolute atomic E-state index is 0.152. The number of piperazine rings is 1. The SMILES string of the molecule is Cc1c(-c2ccc(Oc3cc(N4CCN(Cc5ccccc5I)CC4)nc(N)n3)cc2)cccc1C(CO)C(=O)O. The lowest BCUT2D eigenvalue weighted by Gasteiger charge is -2.35. The van der Waals surface area contributed by atoms with Crippen LogP contribution in [0.15, 0.2) is 72.8 Å². The summed E-state index contributed by atoms with van der Waals surface area (Å²) in [5.74, 6) is -0.170. The van der Waals surface area contributed by atoms with Gasteiger partial charge in [0.15, 0.2) is 0 Å². The minimum Gasteiger partial charge on any atom is -0.481 e. The van der Waals surface area contributed by atoms with E-state index >= 15 is 0 Å². The number of nitrogens with two attached hydrogens (primary N) is 1. The molecule has 1 atom stereocenters. The lowest BCUT2D eigenvalue weighted by Crippen LogP contribution is -2.46. The Morgan fingerprint density at radius 1 is 1.02 bits per heavy atom. The van der Waals surface area contributed by atoms with E-state index in [0.717, 1.165) is 55.2 Å². The number of rotatable bonds is 9. The van der Waals surface area contributed by atoms with Gasteiger partial charge in [0.2, 0.25) is 11.8 Å². The molecule has 1 aliphatic rings. The van der Waals surface area contributed by atoms with Crippen LogP contribution in [0.2, 0.25) is 0 Å². The summed E-state index contributed by atoms with van der Waals surface area (Å²) in [6, 6.07) is 23.3. The molecule has 3 aromatic carbocycles. The van der Waals surface area contributed by atoms with E-state index in [4.69, 9.17) is 10.5 Å². The molecule has 1 saturated heterocycles. The van der Waals surface area contributed by atoms with Gasteiger partial charge in [0.25, 0.3) is 0 Å². The van der Waals surface area contributed by atoms with E-state index in [0.29, 0.717) is 17.2 Å². The van der Waals surface area contributed by atoms with Gasteiger partial charge in [-0.3, -0.25) is 9.69 Å². The Balaban J connectivity index is 1.26. The maximum absolute atomic E-state index is 11.6. The number of aliphatic hydroxyl groups is 1. The van der Waals surface area contributed by atoms with Crippen molar-refractivity contribution in [3.05, 3.63) is 93.1 Å². The fraction of sp³-hybridized carbons (Fsp3) is 0.258. The van der Waals surface area contributed by atoms with E-state index < -0.39 is 18.5 Å². The number of carbonyl (C=O) groups is 1. The van der Waals surface area contributed by atoms with E-state index in [2.05, 4.69) is 66.6 Å². The highest BCUT2D eigenvalue weighted by Crippen LogP contribution is 2.32. The van der Waals surface area contributed by atoms with Crippen molar-refractivity contribution in [3.8, 4) is 22.8 Å². The summed E-state index contributed by atoms with van der Waals surface area (Å²) in [5, 5.41) is 19.1. The van der Waals surface area contributed by atoms with Gasteiger partial charge in [-0.2, -0.15) is 9.97 Å². The largest absolute Gasteiger partial charge is 0.481 e. The predicted molar refractivity (Wildman–Crippen MR) is 167 cm³/mol. The van der Waals surface area contributed by atoms with E-state index in [1.807, 2.05) is 43.3 Å². The van der Waals surface area contributed by atoms with E-state index in [1.54, 1.807) is 12.1 Å². The summed E-state index contributed by atoms with van der Waals surface area (Å²) in [6.45, 7) is 5.82. The van der Waals surface area contributed by atoms with Crippen LogP contribution in [0.1, 0.15) is 22.6 Å². The fourth-order valence-corrected chi connectivity index (χ4v) is 5.68. The zero-order valence-electron chi connectivity index (χ0n) is 22.7. The van der Waals surface area contributed by atoms with Gasteiger partial charge in [0, 0.05) is 42.4 Å². The number of nitrogen functional groups attached to an aromatic ring is 1. The molecular weight excluding hydrogens is 633 g/mol. The number of carboxylic acid groups (broad SMARTS) is 1. The average molecular weight is 666 g/mol. The van der Waals surface area contributed by atoms with Crippen molar-refractivity contribution in [2.75, 3.05) is 43.4 Å². The standard InChI is InChI=1S/C31H32IN5O4/c1-20-24(6-4-7-25(20)26(19-38)30(39)40)21-9-11-23(12-10-21)41-29-17-28(34-31(33)35-29)37-15-13-36(14-16-37)18-22-5-2-3-8-27(22)32/h2-12,17,26,38H,13-16,18-19H2,1H3,(H,39,40)(H2,33,34,35). The molecule has 2 heterocycles. The minimum atomic E-state index is -1.05. The number of ether oxygens (including phenoxy) is 1. The zero-order valence-corrected chi connectivity index (χ0v) is 24.9. The zero-order chi connectivity index (χ0) is 28.9. The van der Waals surface area contributed by atoms with Crippen LogP contribution in [-0.4, -0.2) is 63.8 Å². The van der Waals surface area contributed by atoms with E-state index in [-0.39, 0.29) is 5.95 Å². The van der Waals surface area contributed by atoms with Gasteiger partial charge in [-0.05, 0) is 75.5 Å². The van der Waals surface area contributed by atoms with Gasteiger partial charge >= 0.3 is 5.97 Å². The molecule has 4 aromatic rings. The third-order valence-electron chi connectivity index (χ3n) is 7.37. The second-order valence-corrected chi connectivity index (χ2v) is 11.2. The monoisotopic (exact) mass is 665 g/mol. The van der Waals surface area contributed by atoms with Crippen LogP contribution in [0.5, 0.6) is 11.6 Å². The quantitative estimate of drug-likeness (QED) is 0.214. The number of benzene rings is 3. The summed E-state index contributed by atoms with van der Waals surface area (Å²) in [5.41, 5.74) is 10.6. The molecule has 41 heavy (non-hydrogen) atoms. The second-order valence-electron chi connectivity index (χ2n) is 10.00. The molecule has 0 amide bonds. The molecule has 9 nitrogen and oxygen atoms in total. The van der Waals surface area contributed by atoms with E-state index in [9.17, 15) is 15.0 Å². The molecule has 0 bridgehead atoms. The third kappa shape index (κ3) is 6.77. The van der Waals surface area contributed by atoms with Crippen molar-refractivity contribution in [2.45, 2.75) is 19.4 Å². The molecular formula is C31H32IN5O4. The molecule has 0 saturated carbocycles. The smallest absolute Gasteiger partial charge is 0.313 e. The Kier molecular flexibility index (Phi) is 9.01. The predicted octanol–water partition coefficient (Wildman–Crippen LogP) is 4.91. The average Bonchev–Trinajstić information content (AvgIpc) is 2.96. The van der Waals surface area contributed by atoms with Crippen molar-refractivity contribution in [1.82, 2.24) is 14.9 Å². The van der Waals surface area contributed by atoms with Crippen molar-refractivity contribution in [1.29, 1.82) is 0 Å². The number of hydrogen-bond donors (Lipinski definition) is 3. The van der Waals surface area contributed by atoms with Crippen molar-refractivity contribution < 1.29 is 19.7 Å². The van der Waals surface area contributed by atoms with Gasteiger partial charge in [-0.25, -0.2) is 0 Å². The van der Waals surface area contributed by atoms with Gasteiger partial charge in [-0.1, -0.05) is 48.5 Å². The highest BCUT2D eigenvalue weighted by atomic mass is 127. The van der Waals surface area contributed by atoms with Crippen LogP contribution >= 0.6 is 22.6 Å². The number of aliphatic hydroxyl groups excluding tert-OH is 1. The second kappa shape index (κ2) is 12.8. The molecule has 10 heteroatoms. The Labute approximate surface area is 252 Å². The summed E-state index contributed by atoms with van der Waals surface area (Å²) < 4.78 is 7.34. The number of carboxylic acids is 1. The topological polar surface area (TPSA) is 125 Å². The molecule has 1 fully saturated rings. The summed E-state index contributed by atoms with van der Waals surface area (Å²) in [7, 11) is 0. The first-order valence-corrected chi connectivity index (χ1v) is 14.5. The van der Waals surface area contributed by atoms with Gasteiger partial charge in [0.05, 0.1) is 6.61 Å². The highest BCUT2D eigenvalue weighted by molar-refractivity contribution is 14.1. The van der Waals surface area contributed by atoms with Crippen LogP contribution in [0.3, 0.4) is 0 Å². The molecule has 0 spiro atoms. The van der Waals surface area contributed by atoms with Crippen LogP contribution in [0.25, 0.3) is 11.1 Å². The number of hydrogen-bond acceptors (Lipinski definition) is 8. The molecule has 5 rings (SSSR count). The maximum Gasteiger partial charge on any atom is 0.313 e. The molecule has 1 aliphatic heterocycles. The summed E-state index contributed by atoms with van der Waals surface area (Å²) in [4.78, 5) is 25.0. The Bertz CT molecular complexity index is 1520. The van der Waals surface area contributed by atoms with Crippen molar-refractivity contribution in [3.63, 3.8) is 0 Å². The molecule has 0 aliphatic carbocycles. The molecule has 1 unspecified atom stereocenters. The Morgan fingerprint density at radius 3 is 2.44 bits per heavy atom. The van der Waals surface area contributed by atoms with Gasteiger partial charge in [0.1, 0.15) is 17.5 Å². The fourth-order valence-electron chi connectivity index (χ4n) is 5.12. The third-order valence-corrected chi connectivity index (χ3v) is 8.43. The van der Waals surface area contributed by atoms with E-state index in [1.165, 1.54) is 9.13 Å². The first-order valence-electron chi connectivity index (χ1n) is 13.4. The van der Waals surface area contributed by atoms with Crippen LogP contribution in [0.4, 0.5) is 11.8 Å². The van der Waals surface area contributed by atoms with Crippen LogP contribution in [-0.2, 0) is 11.3 Å². The number of halogens is 1. The lowest BCUT2D eigenvalue weighted by molar-refractivity contribution is -0.139. The Morgan fingerprint density at radius 2 is 1.76 bits per heavy atom. The number of aromatic nitrogens is 2. The normalized spacial score (nSPS) is 14.6.